The van der Waals surface area contributed by atoms with Crippen LogP contribution in [0.25, 0.3) is 22.1 Å². The molecule has 0 amide bonds. The van der Waals surface area contributed by atoms with Crippen molar-refractivity contribution in [3.63, 3.8) is 0 Å². The van der Waals surface area contributed by atoms with Crippen LogP contribution in [0.5, 0.6) is 5.75 Å². The molecule has 28 heavy (non-hydrogen) atoms. The first-order valence-corrected chi connectivity index (χ1v) is 9.10. The van der Waals surface area contributed by atoms with Crippen molar-refractivity contribution < 1.29 is 13.5 Å². The van der Waals surface area contributed by atoms with Crippen LogP contribution in [-0.2, 0) is 6.61 Å². The molecule has 0 N–H and O–H groups in total. The molecule has 0 unspecified atom stereocenters. The predicted octanol–water partition coefficient (Wildman–Crippen LogP) is 6.14. The van der Waals surface area contributed by atoms with E-state index in [9.17, 15) is 9.18 Å². The second kappa shape index (κ2) is 7.49. The van der Waals surface area contributed by atoms with Crippen LogP contribution in [0.1, 0.15) is 11.1 Å². The second-order valence-electron chi connectivity index (χ2n) is 6.43. The van der Waals surface area contributed by atoms with Gasteiger partial charge in [-0.15, -0.1) is 0 Å². The topological polar surface area (TPSA) is 39.4 Å². The third-order valence-electron chi connectivity index (χ3n) is 4.62. The molecule has 0 saturated carbocycles. The van der Waals surface area contributed by atoms with Gasteiger partial charge in [-0.25, -0.2) is 9.18 Å². The van der Waals surface area contributed by atoms with Gasteiger partial charge in [0.1, 0.15) is 23.8 Å². The lowest BCUT2D eigenvalue weighted by molar-refractivity contribution is 0.300. The zero-order valence-corrected chi connectivity index (χ0v) is 15.8. The molecule has 3 aromatic carbocycles. The third kappa shape index (κ3) is 3.51. The maximum atomic E-state index is 13.7. The van der Waals surface area contributed by atoms with E-state index >= 15 is 0 Å². The number of rotatable bonds is 4. The summed E-state index contributed by atoms with van der Waals surface area (Å²) in [6, 6.07) is 18.8. The number of benzene rings is 3. The van der Waals surface area contributed by atoms with E-state index in [0.717, 1.165) is 16.5 Å². The molecule has 0 atom stereocenters. The highest BCUT2D eigenvalue weighted by molar-refractivity contribution is 6.30. The minimum Gasteiger partial charge on any atom is -0.489 e. The van der Waals surface area contributed by atoms with Crippen molar-refractivity contribution >= 4 is 22.6 Å². The fourth-order valence-electron chi connectivity index (χ4n) is 3.15. The van der Waals surface area contributed by atoms with E-state index in [2.05, 4.69) is 0 Å². The smallest absolute Gasteiger partial charge is 0.344 e. The van der Waals surface area contributed by atoms with E-state index in [1.54, 1.807) is 54.6 Å². The van der Waals surface area contributed by atoms with Gasteiger partial charge in [0.15, 0.2) is 0 Å². The lowest BCUT2D eigenvalue weighted by Crippen LogP contribution is -2.06. The van der Waals surface area contributed by atoms with Crippen LogP contribution in [0, 0.1) is 12.7 Å². The second-order valence-corrected chi connectivity index (χ2v) is 6.87. The predicted molar refractivity (Wildman–Crippen MR) is 108 cm³/mol. The van der Waals surface area contributed by atoms with Gasteiger partial charge in [-0.05, 0) is 48.4 Å². The summed E-state index contributed by atoms with van der Waals surface area (Å²) in [6.45, 7) is 1.97. The lowest BCUT2D eigenvalue weighted by Gasteiger charge is -2.11. The molecular formula is C23H16ClFO3. The van der Waals surface area contributed by atoms with Gasteiger partial charge in [-0.3, -0.25) is 0 Å². The molecule has 5 heteroatoms. The van der Waals surface area contributed by atoms with Crippen LogP contribution in [0.3, 0.4) is 0 Å². The fraction of sp³-hybridized carbons (Fsp3) is 0.0870. The average Bonchev–Trinajstić information content (AvgIpc) is 2.68. The zero-order valence-electron chi connectivity index (χ0n) is 15.0. The summed E-state index contributed by atoms with van der Waals surface area (Å²) in [7, 11) is 0. The molecule has 1 heterocycles. The molecule has 0 saturated heterocycles. The SMILES string of the molecule is Cc1c(-c2ccc(Cl)cc2)c(=O)oc2cc(OCc3ccccc3F)ccc12. The normalized spacial score (nSPS) is 11.0. The molecule has 4 aromatic rings. The van der Waals surface area contributed by atoms with E-state index in [1.807, 2.05) is 13.0 Å². The first-order chi connectivity index (χ1) is 13.5. The Morgan fingerprint density at radius 1 is 1.04 bits per heavy atom. The molecule has 0 aliphatic rings. The number of fused-ring (bicyclic) bond motifs is 1. The van der Waals surface area contributed by atoms with E-state index in [4.69, 9.17) is 20.8 Å². The first-order valence-electron chi connectivity index (χ1n) is 8.72. The third-order valence-corrected chi connectivity index (χ3v) is 4.88. The van der Waals surface area contributed by atoms with Crippen molar-refractivity contribution in [3.05, 3.63) is 99.1 Å². The van der Waals surface area contributed by atoms with E-state index in [1.165, 1.54) is 6.07 Å². The van der Waals surface area contributed by atoms with Crippen molar-refractivity contribution in [1.29, 1.82) is 0 Å². The van der Waals surface area contributed by atoms with Gasteiger partial charge >= 0.3 is 5.63 Å². The van der Waals surface area contributed by atoms with Crippen molar-refractivity contribution in [2.24, 2.45) is 0 Å². The summed E-state index contributed by atoms with van der Waals surface area (Å²) in [5, 5.41) is 1.41. The average molecular weight is 395 g/mol. The molecule has 0 aliphatic carbocycles. The summed E-state index contributed by atoms with van der Waals surface area (Å²) < 4.78 is 24.9. The summed E-state index contributed by atoms with van der Waals surface area (Å²) >= 11 is 5.94. The standard InChI is InChI=1S/C23H16ClFO3/c1-14-19-11-10-18(27-13-16-4-2-3-5-20(16)25)12-21(19)28-23(26)22(14)15-6-8-17(24)9-7-15/h2-12H,13H2,1H3. The van der Waals surface area contributed by atoms with Gasteiger partial charge in [0.2, 0.25) is 0 Å². The van der Waals surface area contributed by atoms with Gasteiger partial charge in [0.25, 0.3) is 0 Å². The highest BCUT2D eigenvalue weighted by Gasteiger charge is 2.14. The molecule has 4 rings (SSSR count). The maximum absolute atomic E-state index is 13.7. The molecule has 0 spiro atoms. The zero-order chi connectivity index (χ0) is 19.7. The van der Waals surface area contributed by atoms with Crippen LogP contribution in [-0.4, -0.2) is 0 Å². The Morgan fingerprint density at radius 2 is 1.79 bits per heavy atom. The number of ether oxygens (including phenoxy) is 1. The van der Waals surface area contributed by atoms with E-state index < -0.39 is 5.63 Å². The molecule has 0 aliphatic heterocycles. The Balaban J connectivity index is 1.69. The van der Waals surface area contributed by atoms with Crippen molar-refractivity contribution in [1.82, 2.24) is 0 Å². The summed E-state index contributed by atoms with van der Waals surface area (Å²) in [5.41, 5.74) is 2.51. The van der Waals surface area contributed by atoms with Crippen LogP contribution in [0.4, 0.5) is 4.39 Å². The largest absolute Gasteiger partial charge is 0.489 e. The van der Waals surface area contributed by atoms with E-state index in [-0.39, 0.29) is 12.4 Å². The maximum Gasteiger partial charge on any atom is 0.344 e. The van der Waals surface area contributed by atoms with Gasteiger partial charge in [0.05, 0.1) is 5.56 Å². The number of hydrogen-bond acceptors (Lipinski definition) is 3. The van der Waals surface area contributed by atoms with Gasteiger partial charge in [0, 0.05) is 22.0 Å². The Labute approximate surface area is 166 Å². The number of hydrogen-bond donors (Lipinski definition) is 0. The highest BCUT2D eigenvalue weighted by Crippen LogP contribution is 2.29. The minimum atomic E-state index is -0.432. The summed E-state index contributed by atoms with van der Waals surface area (Å²) in [6.07, 6.45) is 0. The van der Waals surface area contributed by atoms with Crippen molar-refractivity contribution in [2.75, 3.05) is 0 Å². The molecule has 0 radical (unpaired) electrons. The van der Waals surface area contributed by atoms with Gasteiger partial charge in [-0.1, -0.05) is 41.9 Å². The Kier molecular flexibility index (Phi) is 4.88. The Bertz CT molecular complexity index is 1210. The lowest BCUT2D eigenvalue weighted by atomic mass is 10.00. The first kappa shape index (κ1) is 18.3. The quantitative estimate of drug-likeness (QED) is 0.390. The molecular weight excluding hydrogens is 379 g/mol. The highest BCUT2D eigenvalue weighted by atomic mass is 35.5. The van der Waals surface area contributed by atoms with Crippen LogP contribution < -0.4 is 10.4 Å². The van der Waals surface area contributed by atoms with Gasteiger partial charge < -0.3 is 9.15 Å². The van der Waals surface area contributed by atoms with E-state index in [0.29, 0.717) is 27.5 Å². The number of halogens is 2. The fourth-order valence-corrected chi connectivity index (χ4v) is 3.28. The van der Waals surface area contributed by atoms with Crippen LogP contribution in [0.2, 0.25) is 5.02 Å². The number of aryl methyl sites for hydroxylation is 1. The molecule has 0 fully saturated rings. The van der Waals surface area contributed by atoms with Crippen LogP contribution in [0.15, 0.2) is 75.9 Å². The van der Waals surface area contributed by atoms with Crippen molar-refractivity contribution in [3.8, 4) is 16.9 Å². The minimum absolute atomic E-state index is 0.0876. The summed E-state index contributed by atoms with van der Waals surface area (Å²) in [4.78, 5) is 12.6. The van der Waals surface area contributed by atoms with Crippen LogP contribution >= 0.6 is 11.6 Å². The van der Waals surface area contributed by atoms with Gasteiger partial charge in [-0.2, -0.15) is 0 Å². The van der Waals surface area contributed by atoms with Crippen molar-refractivity contribution in [2.45, 2.75) is 13.5 Å². The molecule has 140 valence electrons. The monoisotopic (exact) mass is 394 g/mol. The molecule has 3 nitrogen and oxygen atoms in total. The summed E-state index contributed by atoms with van der Waals surface area (Å²) in [5.74, 6) is 0.177. The Hall–Kier alpha value is -3.11. The molecule has 0 bridgehead atoms. The Morgan fingerprint density at radius 3 is 2.54 bits per heavy atom. The molecule has 1 aromatic heterocycles.